The Kier molecular flexibility index (Phi) is 3.76. The maximum atomic E-state index is 13.1. The van der Waals surface area contributed by atoms with E-state index in [4.69, 9.17) is 4.98 Å². The zero-order valence-corrected chi connectivity index (χ0v) is 15.9. The van der Waals surface area contributed by atoms with Crippen molar-refractivity contribution in [1.82, 2.24) is 4.98 Å². The first kappa shape index (κ1) is 16.2. The molecule has 0 atom stereocenters. The molecule has 128 valence electrons. The summed E-state index contributed by atoms with van der Waals surface area (Å²) in [7, 11) is 0. The number of aromatic nitrogens is 1. The van der Waals surface area contributed by atoms with Crippen molar-refractivity contribution in [1.29, 1.82) is 0 Å². The van der Waals surface area contributed by atoms with Gasteiger partial charge in [-0.25, -0.2) is 4.98 Å². The molecule has 0 radical (unpaired) electrons. The minimum atomic E-state index is 0.0488. The molecule has 3 aromatic carbocycles. The molecule has 27 heavy (non-hydrogen) atoms. The SMILES string of the molecule is O=C1c2ccccc2-c2nc(-c3cccc(Br)c3)cc(-c3ccccc3)c21. The second kappa shape index (κ2) is 6.29. The predicted molar refractivity (Wildman–Crippen MR) is 112 cm³/mol. The first-order valence-corrected chi connectivity index (χ1v) is 9.52. The number of fused-ring (bicyclic) bond motifs is 3. The molecule has 0 aliphatic heterocycles. The molecule has 0 bridgehead atoms. The molecule has 0 fully saturated rings. The van der Waals surface area contributed by atoms with Gasteiger partial charge in [-0.05, 0) is 29.3 Å². The van der Waals surface area contributed by atoms with E-state index in [2.05, 4.69) is 15.9 Å². The molecular formula is C24H14BrNO. The van der Waals surface area contributed by atoms with Crippen molar-refractivity contribution >= 4 is 21.7 Å². The molecule has 1 aromatic heterocycles. The Labute approximate surface area is 165 Å². The third-order valence-corrected chi connectivity index (χ3v) is 5.37. The average molecular weight is 412 g/mol. The van der Waals surface area contributed by atoms with Crippen LogP contribution >= 0.6 is 15.9 Å². The van der Waals surface area contributed by atoms with Crippen LogP contribution in [0.2, 0.25) is 0 Å². The third kappa shape index (κ3) is 2.63. The van der Waals surface area contributed by atoms with Crippen LogP contribution < -0.4 is 0 Å². The summed E-state index contributed by atoms with van der Waals surface area (Å²) in [6.07, 6.45) is 0. The number of nitrogens with zero attached hydrogens (tertiary/aromatic N) is 1. The summed E-state index contributed by atoms with van der Waals surface area (Å²) in [4.78, 5) is 18.0. The zero-order chi connectivity index (χ0) is 18.4. The van der Waals surface area contributed by atoms with Crippen LogP contribution in [0.1, 0.15) is 15.9 Å². The van der Waals surface area contributed by atoms with Crippen molar-refractivity contribution in [2.24, 2.45) is 0 Å². The number of pyridine rings is 1. The number of halogens is 1. The van der Waals surface area contributed by atoms with Gasteiger partial charge in [-0.2, -0.15) is 0 Å². The first-order valence-electron chi connectivity index (χ1n) is 8.73. The fourth-order valence-electron chi connectivity index (χ4n) is 3.63. The lowest BCUT2D eigenvalue weighted by atomic mass is 9.96. The van der Waals surface area contributed by atoms with Gasteiger partial charge in [0.2, 0.25) is 0 Å². The average Bonchev–Trinajstić information content (AvgIpc) is 3.01. The molecular weight excluding hydrogens is 398 g/mol. The Morgan fingerprint density at radius 2 is 1.37 bits per heavy atom. The van der Waals surface area contributed by atoms with Crippen LogP contribution in [-0.4, -0.2) is 10.8 Å². The van der Waals surface area contributed by atoms with Gasteiger partial charge in [0.1, 0.15) is 0 Å². The van der Waals surface area contributed by atoms with Crippen LogP contribution in [0.3, 0.4) is 0 Å². The molecule has 1 heterocycles. The maximum Gasteiger partial charge on any atom is 0.196 e. The minimum absolute atomic E-state index is 0.0488. The van der Waals surface area contributed by atoms with E-state index in [1.54, 1.807) is 0 Å². The fourth-order valence-corrected chi connectivity index (χ4v) is 4.03. The van der Waals surface area contributed by atoms with Crippen LogP contribution in [-0.2, 0) is 0 Å². The van der Waals surface area contributed by atoms with Gasteiger partial charge in [-0.1, -0.05) is 82.7 Å². The number of benzene rings is 3. The number of carbonyl (C=O) groups excluding carboxylic acids is 1. The molecule has 0 saturated carbocycles. The van der Waals surface area contributed by atoms with E-state index in [1.807, 2.05) is 84.9 Å². The fraction of sp³-hybridized carbons (Fsp3) is 0. The molecule has 0 N–H and O–H groups in total. The second-order valence-corrected chi connectivity index (χ2v) is 7.45. The highest BCUT2D eigenvalue weighted by Crippen LogP contribution is 2.42. The van der Waals surface area contributed by atoms with Crippen LogP contribution in [0, 0.1) is 0 Å². The minimum Gasteiger partial charge on any atom is -0.288 e. The Hall–Kier alpha value is -3.04. The standard InChI is InChI=1S/C24H14BrNO/c25-17-10-6-9-16(13-17)21-14-20(15-7-2-1-3-8-15)22-23(26-21)18-11-4-5-12-19(18)24(22)27/h1-14H. The lowest BCUT2D eigenvalue weighted by molar-refractivity contribution is 0.104. The number of rotatable bonds is 2. The number of hydrogen-bond donors (Lipinski definition) is 0. The Morgan fingerprint density at radius 3 is 2.15 bits per heavy atom. The highest BCUT2D eigenvalue weighted by atomic mass is 79.9. The van der Waals surface area contributed by atoms with E-state index in [1.165, 1.54) is 0 Å². The molecule has 0 spiro atoms. The number of ketones is 1. The summed E-state index contributed by atoms with van der Waals surface area (Å²) < 4.78 is 1.00. The summed E-state index contributed by atoms with van der Waals surface area (Å²) in [6.45, 7) is 0. The van der Waals surface area contributed by atoms with Crippen molar-refractivity contribution in [3.05, 3.63) is 101 Å². The molecule has 3 heteroatoms. The van der Waals surface area contributed by atoms with Crippen LogP contribution in [0.5, 0.6) is 0 Å². The van der Waals surface area contributed by atoms with Gasteiger partial charge in [0.25, 0.3) is 0 Å². The van der Waals surface area contributed by atoms with Gasteiger partial charge in [0, 0.05) is 21.2 Å². The highest BCUT2D eigenvalue weighted by Gasteiger charge is 2.31. The van der Waals surface area contributed by atoms with E-state index in [0.717, 1.165) is 43.7 Å². The summed E-state index contributed by atoms with van der Waals surface area (Å²) in [5, 5.41) is 0. The molecule has 5 rings (SSSR count). The van der Waals surface area contributed by atoms with Gasteiger partial charge in [0.05, 0.1) is 17.0 Å². The molecule has 1 aliphatic rings. The predicted octanol–water partition coefficient (Wildman–Crippen LogP) is 6.39. The highest BCUT2D eigenvalue weighted by molar-refractivity contribution is 9.10. The van der Waals surface area contributed by atoms with E-state index >= 15 is 0 Å². The molecule has 0 amide bonds. The third-order valence-electron chi connectivity index (χ3n) is 4.88. The van der Waals surface area contributed by atoms with E-state index in [0.29, 0.717) is 5.56 Å². The molecule has 4 aromatic rings. The van der Waals surface area contributed by atoms with E-state index in [9.17, 15) is 4.79 Å². The van der Waals surface area contributed by atoms with Crippen molar-refractivity contribution < 1.29 is 4.79 Å². The van der Waals surface area contributed by atoms with Crippen molar-refractivity contribution in [3.63, 3.8) is 0 Å². The summed E-state index contributed by atoms with van der Waals surface area (Å²) in [6, 6.07) is 27.9. The Balaban J connectivity index is 1.84. The Bertz CT molecular complexity index is 1200. The molecule has 0 saturated heterocycles. The topological polar surface area (TPSA) is 30.0 Å². The monoisotopic (exact) mass is 411 g/mol. The lowest BCUT2D eigenvalue weighted by Gasteiger charge is -2.11. The van der Waals surface area contributed by atoms with Gasteiger partial charge >= 0.3 is 0 Å². The smallest absolute Gasteiger partial charge is 0.196 e. The van der Waals surface area contributed by atoms with Gasteiger partial charge in [-0.15, -0.1) is 0 Å². The lowest BCUT2D eigenvalue weighted by Crippen LogP contribution is -2.00. The quantitative estimate of drug-likeness (QED) is 0.336. The maximum absolute atomic E-state index is 13.1. The van der Waals surface area contributed by atoms with Crippen LogP contribution in [0.25, 0.3) is 33.6 Å². The first-order chi connectivity index (χ1) is 13.2. The molecule has 2 nitrogen and oxygen atoms in total. The van der Waals surface area contributed by atoms with Gasteiger partial charge in [-0.3, -0.25) is 4.79 Å². The van der Waals surface area contributed by atoms with E-state index < -0.39 is 0 Å². The largest absolute Gasteiger partial charge is 0.288 e. The van der Waals surface area contributed by atoms with Crippen LogP contribution in [0.15, 0.2) is 89.4 Å². The summed E-state index contributed by atoms with van der Waals surface area (Å²) in [5.41, 5.74) is 6.92. The van der Waals surface area contributed by atoms with Crippen molar-refractivity contribution in [2.75, 3.05) is 0 Å². The Morgan fingerprint density at radius 1 is 0.667 bits per heavy atom. The number of carbonyl (C=O) groups is 1. The zero-order valence-electron chi connectivity index (χ0n) is 14.3. The second-order valence-electron chi connectivity index (χ2n) is 6.53. The summed E-state index contributed by atoms with van der Waals surface area (Å²) in [5.74, 6) is 0.0488. The normalized spacial score (nSPS) is 12.0. The van der Waals surface area contributed by atoms with Gasteiger partial charge < -0.3 is 0 Å². The van der Waals surface area contributed by atoms with Gasteiger partial charge in [0.15, 0.2) is 5.78 Å². The van der Waals surface area contributed by atoms with Crippen LogP contribution in [0.4, 0.5) is 0 Å². The number of hydrogen-bond acceptors (Lipinski definition) is 2. The molecule has 0 unspecified atom stereocenters. The molecule has 1 aliphatic carbocycles. The summed E-state index contributed by atoms with van der Waals surface area (Å²) >= 11 is 3.54. The van der Waals surface area contributed by atoms with E-state index in [-0.39, 0.29) is 5.78 Å². The van der Waals surface area contributed by atoms with Crippen molar-refractivity contribution in [3.8, 4) is 33.6 Å². The van der Waals surface area contributed by atoms with Crippen molar-refractivity contribution in [2.45, 2.75) is 0 Å².